The Morgan fingerprint density at radius 2 is 1.94 bits per heavy atom. The zero-order valence-electron chi connectivity index (χ0n) is 9.99. The van der Waals surface area contributed by atoms with Crippen molar-refractivity contribution in [1.29, 1.82) is 0 Å². The lowest BCUT2D eigenvalue weighted by atomic mass is 10.1. The van der Waals surface area contributed by atoms with Crippen LogP contribution in [-0.4, -0.2) is 37.1 Å². The lowest BCUT2D eigenvalue weighted by molar-refractivity contribution is -0.135. The second-order valence-electron chi connectivity index (χ2n) is 4.24. The minimum atomic E-state index is 0.171. The van der Waals surface area contributed by atoms with E-state index in [1.807, 2.05) is 17.0 Å². The number of halogens is 2. The molecule has 1 amide bonds. The number of benzene rings is 1. The summed E-state index contributed by atoms with van der Waals surface area (Å²) in [5, 5.41) is 1.08. The van der Waals surface area contributed by atoms with Gasteiger partial charge in [0.2, 0.25) is 5.91 Å². The van der Waals surface area contributed by atoms with E-state index in [2.05, 4.69) is 0 Å². The zero-order chi connectivity index (χ0) is 13.0. The molecule has 0 atom stereocenters. The third kappa shape index (κ3) is 3.61. The second kappa shape index (κ2) is 6.41. The van der Waals surface area contributed by atoms with E-state index in [4.69, 9.17) is 27.9 Å². The van der Waals surface area contributed by atoms with Crippen molar-refractivity contribution >= 4 is 29.1 Å². The summed E-state index contributed by atoms with van der Waals surface area (Å²) >= 11 is 11.8. The molecule has 1 aliphatic heterocycles. The van der Waals surface area contributed by atoms with Gasteiger partial charge in [-0.2, -0.15) is 0 Å². The van der Waals surface area contributed by atoms with E-state index in [1.54, 1.807) is 6.07 Å². The van der Waals surface area contributed by atoms with Crippen LogP contribution in [-0.2, 0) is 16.0 Å². The van der Waals surface area contributed by atoms with Crippen LogP contribution in [0.1, 0.15) is 12.0 Å². The fraction of sp³-hybridized carbons (Fsp3) is 0.462. The quantitative estimate of drug-likeness (QED) is 0.856. The monoisotopic (exact) mass is 287 g/mol. The van der Waals surface area contributed by atoms with Gasteiger partial charge in [0.25, 0.3) is 0 Å². The van der Waals surface area contributed by atoms with Gasteiger partial charge in [0.15, 0.2) is 0 Å². The molecule has 0 saturated carbocycles. The molecule has 1 fully saturated rings. The predicted octanol–water partition coefficient (Wildman–Crippen LogP) is 2.78. The summed E-state index contributed by atoms with van der Waals surface area (Å²) in [6, 6.07) is 5.48. The van der Waals surface area contributed by atoms with Crippen molar-refractivity contribution in [3.8, 4) is 0 Å². The maximum Gasteiger partial charge on any atom is 0.223 e. The molecule has 18 heavy (non-hydrogen) atoms. The van der Waals surface area contributed by atoms with Gasteiger partial charge >= 0.3 is 0 Å². The zero-order valence-corrected chi connectivity index (χ0v) is 11.5. The first kappa shape index (κ1) is 13.7. The van der Waals surface area contributed by atoms with Crippen LogP contribution in [0, 0.1) is 0 Å². The largest absolute Gasteiger partial charge is 0.378 e. The molecule has 0 bridgehead atoms. The average molecular weight is 288 g/mol. The van der Waals surface area contributed by atoms with Crippen LogP contribution in [0.25, 0.3) is 0 Å². The van der Waals surface area contributed by atoms with Crippen molar-refractivity contribution in [1.82, 2.24) is 4.90 Å². The van der Waals surface area contributed by atoms with Crippen molar-refractivity contribution in [2.24, 2.45) is 0 Å². The molecule has 0 spiro atoms. The van der Waals surface area contributed by atoms with Crippen LogP contribution >= 0.6 is 23.2 Å². The maximum atomic E-state index is 11.9. The molecule has 1 aromatic carbocycles. The topological polar surface area (TPSA) is 29.5 Å². The van der Waals surface area contributed by atoms with Crippen molar-refractivity contribution in [2.75, 3.05) is 26.3 Å². The maximum absolute atomic E-state index is 11.9. The molecule has 0 unspecified atom stereocenters. The summed E-state index contributed by atoms with van der Waals surface area (Å²) < 4.78 is 5.22. The van der Waals surface area contributed by atoms with E-state index in [9.17, 15) is 4.79 Å². The van der Waals surface area contributed by atoms with E-state index >= 15 is 0 Å². The summed E-state index contributed by atoms with van der Waals surface area (Å²) in [5.74, 6) is 0.171. The molecule has 1 heterocycles. The summed E-state index contributed by atoms with van der Waals surface area (Å²) in [4.78, 5) is 13.8. The Balaban J connectivity index is 1.86. The van der Waals surface area contributed by atoms with Gasteiger partial charge in [0, 0.05) is 19.5 Å². The highest BCUT2D eigenvalue weighted by Gasteiger charge is 2.16. The Kier molecular flexibility index (Phi) is 4.87. The molecule has 2 rings (SSSR count). The molecular formula is C13H15Cl2NO2. The number of hydrogen-bond donors (Lipinski definition) is 0. The Labute approximate surface area is 117 Å². The van der Waals surface area contributed by atoms with Crippen molar-refractivity contribution in [3.63, 3.8) is 0 Å². The molecule has 0 radical (unpaired) electrons. The number of hydrogen-bond acceptors (Lipinski definition) is 2. The molecule has 1 aliphatic rings. The molecule has 1 aromatic rings. The van der Waals surface area contributed by atoms with Crippen LogP contribution in [0.3, 0.4) is 0 Å². The van der Waals surface area contributed by atoms with Gasteiger partial charge in [-0.15, -0.1) is 0 Å². The van der Waals surface area contributed by atoms with Gasteiger partial charge in [0.05, 0.1) is 23.3 Å². The Bertz CT molecular complexity index is 431. The molecule has 1 saturated heterocycles. The van der Waals surface area contributed by atoms with Crippen LogP contribution in [0.5, 0.6) is 0 Å². The third-order valence-corrected chi connectivity index (χ3v) is 3.71. The second-order valence-corrected chi connectivity index (χ2v) is 5.06. The molecule has 3 nitrogen and oxygen atoms in total. The van der Waals surface area contributed by atoms with Gasteiger partial charge < -0.3 is 9.64 Å². The van der Waals surface area contributed by atoms with Crippen LogP contribution < -0.4 is 0 Å². The first-order valence-corrected chi connectivity index (χ1v) is 6.72. The van der Waals surface area contributed by atoms with Crippen LogP contribution in [0.4, 0.5) is 0 Å². The summed E-state index contributed by atoms with van der Waals surface area (Å²) in [6.07, 6.45) is 1.19. The first-order chi connectivity index (χ1) is 8.66. The minimum absolute atomic E-state index is 0.171. The first-order valence-electron chi connectivity index (χ1n) is 5.96. The Morgan fingerprint density at radius 1 is 1.22 bits per heavy atom. The number of aryl methyl sites for hydroxylation is 1. The molecule has 0 aromatic heterocycles. The number of carbonyl (C=O) groups is 1. The van der Waals surface area contributed by atoms with Gasteiger partial charge in [0.1, 0.15) is 0 Å². The van der Waals surface area contributed by atoms with Gasteiger partial charge in [-0.25, -0.2) is 0 Å². The van der Waals surface area contributed by atoms with E-state index < -0.39 is 0 Å². The molecule has 5 heteroatoms. The number of carbonyl (C=O) groups excluding carboxylic acids is 1. The SMILES string of the molecule is O=C(CCc1ccc(Cl)c(Cl)c1)N1CCOCC1. The number of morpholine rings is 1. The van der Waals surface area contributed by atoms with Gasteiger partial charge in [-0.05, 0) is 24.1 Å². The lowest BCUT2D eigenvalue weighted by Crippen LogP contribution is -2.40. The number of amides is 1. The highest BCUT2D eigenvalue weighted by molar-refractivity contribution is 6.42. The van der Waals surface area contributed by atoms with Crippen LogP contribution in [0.2, 0.25) is 10.0 Å². The van der Waals surface area contributed by atoms with Gasteiger partial charge in [-0.1, -0.05) is 29.3 Å². The highest BCUT2D eigenvalue weighted by atomic mass is 35.5. The minimum Gasteiger partial charge on any atom is -0.378 e. The smallest absolute Gasteiger partial charge is 0.223 e. The van der Waals surface area contributed by atoms with Crippen molar-refractivity contribution in [2.45, 2.75) is 12.8 Å². The molecule has 98 valence electrons. The van der Waals surface area contributed by atoms with Crippen molar-refractivity contribution in [3.05, 3.63) is 33.8 Å². The van der Waals surface area contributed by atoms with E-state index in [1.165, 1.54) is 0 Å². The normalized spacial score (nSPS) is 15.8. The van der Waals surface area contributed by atoms with E-state index in [-0.39, 0.29) is 5.91 Å². The summed E-state index contributed by atoms with van der Waals surface area (Å²) in [6.45, 7) is 2.66. The molecule has 0 N–H and O–H groups in total. The highest BCUT2D eigenvalue weighted by Crippen LogP contribution is 2.23. The fourth-order valence-corrected chi connectivity index (χ4v) is 2.24. The lowest BCUT2D eigenvalue weighted by Gasteiger charge is -2.26. The number of rotatable bonds is 3. The molecule has 0 aliphatic carbocycles. The van der Waals surface area contributed by atoms with Gasteiger partial charge in [-0.3, -0.25) is 4.79 Å². The number of ether oxygens (including phenoxy) is 1. The Morgan fingerprint density at radius 3 is 2.61 bits per heavy atom. The third-order valence-electron chi connectivity index (χ3n) is 2.98. The summed E-state index contributed by atoms with van der Waals surface area (Å²) in [7, 11) is 0. The fourth-order valence-electron chi connectivity index (χ4n) is 1.92. The van der Waals surface area contributed by atoms with E-state index in [0.717, 1.165) is 5.56 Å². The standard InChI is InChI=1S/C13H15Cl2NO2/c14-11-3-1-10(9-12(11)15)2-4-13(17)16-5-7-18-8-6-16/h1,3,9H,2,4-8H2. The van der Waals surface area contributed by atoms with Crippen LogP contribution in [0.15, 0.2) is 18.2 Å². The molecular weight excluding hydrogens is 273 g/mol. The van der Waals surface area contributed by atoms with E-state index in [0.29, 0.717) is 49.2 Å². The average Bonchev–Trinajstić information content (AvgIpc) is 2.41. The Hall–Kier alpha value is -0.770. The predicted molar refractivity (Wildman–Crippen MR) is 72.2 cm³/mol. The number of nitrogens with zero attached hydrogens (tertiary/aromatic N) is 1. The van der Waals surface area contributed by atoms with Crippen molar-refractivity contribution < 1.29 is 9.53 Å². The summed E-state index contributed by atoms with van der Waals surface area (Å²) in [5.41, 5.74) is 1.03.